The molecule has 1 aliphatic rings. The quantitative estimate of drug-likeness (QED) is 0.472. The zero-order valence-electron chi connectivity index (χ0n) is 20.0. The Bertz CT molecular complexity index is 1100. The monoisotopic (exact) mass is 463 g/mol. The standard InChI is InChI=1S/C27H33N3O4/c1-3-33-17-7-14-28-25(31)19(2)20-12-15-30(16-13-20)27(32)22-10-11-24-23(18-22)29-26(34-24)21-8-5-4-6-9-21/h4-6,8-11,18-20H,3,7,12-17H2,1-2H3,(H,28,31)/t19-/m0/s1. The van der Waals surface area contributed by atoms with E-state index < -0.39 is 0 Å². The zero-order valence-corrected chi connectivity index (χ0v) is 20.0. The third-order valence-corrected chi connectivity index (χ3v) is 6.57. The maximum atomic E-state index is 13.1. The fraction of sp³-hybridized carbons (Fsp3) is 0.444. The maximum Gasteiger partial charge on any atom is 0.253 e. The molecular weight excluding hydrogens is 430 g/mol. The van der Waals surface area contributed by atoms with Crippen LogP contribution in [0.5, 0.6) is 0 Å². The highest BCUT2D eigenvalue weighted by molar-refractivity contribution is 5.97. The fourth-order valence-corrected chi connectivity index (χ4v) is 4.46. The summed E-state index contributed by atoms with van der Waals surface area (Å²) in [5, 5.41) is 3.01. The van der Waals surface area contributed by atoms with Crippen molar-refractivity contribution in [1.29, 1.82) is 0 Å². The number of nitrogens with zero attached hydrogens (tertiary/aromatic N) is 2. The van der Waals surface area contributed by atoms with E-state index in [4.69, 9.17) is 9.15 Å². The van der Waals surface area contributed by atoms with E-state index in [1.807, 2.05) is 55.1 Å². The molecule has 2 aromatic carbocycles. The minimum atomic E-state index is -0.0627. The molecule has 7 nitrogen and oxygen atoms in total. The van der Waals surface area contributed by atoms with Crippen LogP contribution < -0.4 is 5.32 Å². The molecule has 1 aromatic heterocycles. The summed E-state index contributed by atoms with van der Waals surface area (Å²) in [7, 11) is 0. The SMILES string of the molecule is CCOCCCNC(=O)[C@@H](C)C1CCN(C(=O)c2ccc3oc(-c4ccccc4)nc3c2)CC1. The molecule has 1 atom stereocenters. The number of carbonyl (C=O) groups excluding carboxylic acids is 2. The lowest BCUT2D eigenvalue weighted by Crippen LogP contribution is -2.42. The van der Waals surface area contributed by atoms with Crippen molar-refractivity contribution in [2.75, 3.05) is 32.8 Å². The van der Waals surface area contributed by atoms with Gasteiger partial charge in [0.15, 0.2) is 5.58 Å². The molecule has 0 saturated carbocycles. The van der Waals surface area contributed by atoms with Crippen LogP contribution in [0.4, 0.5) is 0 Å². The Morgan fingerprint density at radius 1 is 1.18 bits per heavy atom. The van der Waals surface area contributed by atoms with Crippen LogP contribution in [0.3, 0.4) is 0 Å². The molecule has 0 unspecified atom stereocenters. The number of piperidine rings is 1. The van der Waals surface area contributed by atoms with Crippen molar-refractivity contribution in [1.82, 2.24) is 15.2 Å². The Hall–Kier alpha value is -3.19. The maximum absolute atomic E-state index is 13.1. The number of rotatable bonds is 9. The van der Waals surface area contributed by atoms with Crippen molar-refractivity contribution in [2.24, 2.45) is 11.8 Å². The smallest absolute Gasteiger partial charge is 0.253 e. The lowest BCUT2D eigenvalue weighted by Gasteiger charge is -2.34. The Morgan fingerprint density at radius 3 is 2.68 bits per heavy atom. The van der Waals surface area contributed by atoms with E-state index >= 15 is 0 Å². The Morgan fingerprint density at radius 2 is 1.94 bits per heavy atom. The van der Waals surface area contributed by atoms with Gasteiger partial charge in [-0.1, -0.05) is 25.1 Å². The molecule has 0 spiro atoms. The molecule has 34 heavy (non-hydrogen) atoms. The van der Waals surface area contributed by atoms with Gasteiger partial charge in [-0.15, -0.1) is 0 Å². The van der Waals surface area contributed by atoms with Crippen LogP contribution >= 0.6 is 0 Å². The average molecular weight is 464 g/mol. The molecule has 1 aliphatic heterocycles. The fourth-order valence-electron chi connectivity index (χ4n) is 4.46. The van der Waals surface area contributed by atoms with Crippen LogP contribution in [0.25, 0.3) is 22.6 Å². The molecule has 1 saturated heterocycles. The lowest BCUT2D eigenvalue weighted by molar-refractivity contribution is -0.126. The van der Waals surface area contributed by atoms with Gasteiger partial charge in [0.25, 0.3) is 5.91 Å². The highest BCUT2D eigenvalue weighted by Gasteiger charge is 2.30. The summed E-state index contributed by atoms with van der Waals surface area (Å²) < 4.78 is 11.2. The molecule has 1 fully saturated rings. The number of hydrogen-bond donors (Lipinski definition) is 1. The minimum Gasteiger partial charge on any atom is -0.436 e. The first-order valence-electron chi connectivity index (χ1n) is 12.2. The first kappa shape index (κ1) is 24.0. The van der Waals surface area contributed by atoms with Gasteiger partial charge >= 0.3 is 0 Å². The van der Waals surface area contributed by atoms with Gasteiger partial charge in [-0.2, -0.15) is 0 Å². The number of amides is 2. The molecular formula is C27H33N3O4. The number of likely N-dealkylation sites (tertiary alicyclic amines) is 1. The van der Waals surface area contributed by atoms with Crippen molar-refractivity contribution in [3.05, 3.63) is 54.1 Å². The molecule has 0 aliphatic carbocycles. The predicted octanol–water partition coefficient (Wildman–Crippen LogP) is 4.53. The van der Waals surface area contributed by atoms with Crippen molar-refractivity contribution in [3.8, 4) is 11.5 Å². The number of ether oxygens (including phenoxy) is 1. The highest BCUT2D eigenvalue weighted by atomic mass is 16.5. The molecule has 0 radical (unpaired) electrons. The predicted molar refractivity (Wildman–Crippen MR) is 131 cm³/mol. The largest absolute Gasteiger partial charge is 0.436 e. The summed E-state index contributed by atoms with van der Waals surface area (Å²) in [5.41, 5.74) is 2.85. The lowest BCUT2D eigenvalue weighted by atomic mass is 9.84. The topological polar surface area (TPSA) is 84.7 Å². The third kappa shape index (κ3) is 5.65. The van der Waals surface area contributed by atoms with E-state index in [-0.39, 0.29) is 23.7 Å². The van der Waals surface area contributed by atoms with Gasteiger partial charge in [0.1, 0.15) is 5.52 Å². The van der Waals surface area contributed by atoms with E-state index in [2.05, 4.69) is 10.3 Å². The number of benzene rings is 2. The molecule has 2 amide bonds. The van der Waals surface area contributed by atoms with Crippen molar-refractivity contribution in [2.45, 2.75) is 33.1 Å². The van der Waals surface area contributed by atoms with Gasteiger partial charge in [-0.25, -0.2) is 4.98 Å². The molecule has 3 aromatic rings. The zero-order chi connectivity index (χ0) is 23.9. The summed E-state index contributed by atoms with van der Waals surface area (Å²) in [5.74, 6) is 0.852. The summed E-state index contributed by atoms with van der Waals surface area (Å²) in [6.07, 6.45) is 2.47. The van der Waals surface area contributed by atoms with Gasteiger partial charge in [0.2, 0.25) is 11.8 Å². The number of hydrogen-bond acceptors (Lipinski definition) is 5. The number of oxazole rings is 1. The number of carbonyl (C=O) groups is 2. The van der Waals surface area contributed by atoms with Crippen molar-refractivity contribution < 1.29 is 18.7 Å². The van der Waals surface area contributed by atoms with Crippen molar-refractivity contribution >= 4 is 22.9 Å². The molecule has 2 heterocycles. The summed E-state index contributed by atoms with van der Waals surface area (Å²) in [6, 6.07) is 15.1. The van der Waals surface area contributed by atoms with Crippen LogP contribution in [-0.2, 0) is 9.53 Å². The van der Waals surface area contributed by atoms with Crippen LogP contribution in [0.15, 0.2) is 52.9 Å². The first-order chi connectivity index (χ1) is 16.6. The van der Waals surface area contributed by atoms with Gasteiger partial charge in [0, 0.05) is 49.9 Å². The highest BCUT2D eigenvalue weighted by Crippen LogP contribution is 2.28. The molecule has 4 rings (SSSR count). The number of nitrogens with one attached hydrogen (secondary N) is 1. The van der Waals surface area contributed by atoms with Crippen LogP contribution in [0, 0.1) is 11.8 Å². The van der Waals surface area contributed by atoms with Gasteiger partial charge < -0.3 is 19.4 Å². The van der Waals surface area contributed by atoms with Gasteiger partial charge in [-0.3, -0.25) is 9.59 Å². The average Bonchev–Trinajstić information content (AvgIpc) is 3.32. The van der Waals surface area contributed by atoms with Crippen molar-refractivity contribution in [3.63, 3.8) is 0 Å². The van der Waals surface area contributed by atoms with E-state index in [1.165, 1.54) is 0 Å². The van der Waals surface area contributed by atoms with Crippen LogP contribution in [0.1, 0.15) is 43.5 Å². The van der Waals surface area contributed by atoms with Crippen LogP contribution in [0.2, 0.25) is 0 Å². The Labute approximate surface area is 200 Å². The Balaban J connectivity index is 1.32. The molecule has 0 bridgehead atoms. The molecule has 7 heteroatoms. The minimum absolute atomic E-state index is 0.00219. The summed E-state index contributed by atoms with van der Waals surface area (Å²) >= 11 is 0. The summed E-state index contributed by atoms with van der Waals surface area (Å²) in [4.78, 5) is 32.1. The second-order valence-electron chi connectivity index (χ2n) is 8.83. The van der Waals surface area contributed by atoms with Gasteiger partial charge in [-0.05, 0) is 62.4 Å². The number of fused-ring (bicyclic) bond motifs is 1. The van der Waals surface area contributed by atoms with E-state index in [0.29, 0.717) is 55.4 Å². The van der Waals surface area contributed by atoms with E-state index in [9.17, 15) is 9.59 Å². The van der Waals surface area contributed by atoms with E-state index in [1.54, 1.807) is 12.1 Å². The van der Waals surface area contributed by atoms with E-state index in [0.717, 1.165) is 24.8 Å². The second kappa shape index (κ2) is 11.3. The second-order valence-corrected chi connectivity index (χ2v) is 8.83. The van der Waals surface area contributed by atoms with Crippen LogP contribution in [-0.4, -0.2) is 54.5 Å². The normalized spacial score (nSPS) is 15.4. The molecule has 1 N–H and O–H groups in total. The Kier molecular flexibility index (Phi) is 7.95. The molecule has 180 valence electrons. The number of aromatic nitrogens is 1. The first-order valence-corrected chi connectivity index (χ1v) is 12.2. The third-order valence-electron chi connectivity index (χ3n) is 6.57. The van der Waals surface area contributed by atoms with Gasteiger partial charge in [0.05, 0.1) is 0 Å². The summed E-state index contributed by atoms with van der Waals surface area (Å²) in [6.45, 7) is 7.25.